The van der Waals surface area contributed by atoms with E-state index in [1.807, 2.05) is 0 Å². The molecule has 1 saturated carbocycles. The Hall–Kier alpha value is -0.820. The summed E-state index contributed by atoms with van der Waals surface area (Å²) in [6.45, 7) is 2.21. The maximum Gasteiger partial charge on any atom is 0.0409 e. The van der Waals surface area contributed by atoms with Crippen molar-refractivity contribution in [2.45, 2.75) is 51.0 Å². The topological polar surface area (TPSA) is 26.0 Å². The average Bonchev–Trinajstić information content (AvgIpc) is 2.59. The smallest absolute Gasteiger partial charge is 0.0409 e. The molecule has 2 rings (SSSR count). The molecule has 0 spiro atoms. The van der Waals surface area contributed by atoms with Gasteiger partial charge in [-0.3, -0.25) is 0 Å². The molecule has 0 bridgehead atoms. The van der Waals surface area contributed by atoms with Gasteiger partial charge in [-0.25, -0.2) is 0 Å². The van der Waals surface area contributed by atoms with E-state index in [1.165, 1.54) is 44.1 Å². The predicted molar refractivity (Wildman–Crippen MR) is 69.2 cm³/mol. The molecule has 16 heavy (non-hydrogen) atoms. The lowest BCUT2D eigenvalue weighted by atomic mass is 9.76. The molecule has 88 valence electrons. The molecular formula is C15H23N. The Balaban J connectivity index is 2.16. The molecule has 0 aliphatic heterocycles. The van der Waals surface area contributed by atoms with Crippen LogP contribution < -0.4 is 5.73 Å². The van der Waals surface area contributed by atoms with Crippen LogP contribution in [0.25, 0.3) is 0 Å². The summed E-state index contributed by atoms with van der Waals surface area (Å²) in [7, 11) is 0. The van der Waals surface area contributed by atoms with Crippen LogP contribution in [0.15, 0.2) is 30.3 Å². The largest absolute Gasteiger partial charge is 0.321 e. The highest BCUT2D eigenvalue weighted by Gasteiger charge is 2.31. The van der Waals surface area contributed by atoms with Gasteiger partial charge in [0.1, 0.15) is 0 Å². The van der Waals surface area contributed by atoms with E-state index in [2.05, 4.69) is 37.3 Å². The molecule has 1 aromatic carbocycles. The molecule has 0 heterocycles. The molecular weight excluding hydrogens is 194 g/mol. The van der Waals surface area contributed by atoms with Crippen molar-refractivity contribution >= 4 is 0 Å². The summed E-state index contributed by atoms with van der Waals surface area (Å²) < 4.78 is 0. The predicted octanol–water partition coefficient (Wildman–Crippen LogP) is 3.83. The van der Waals surface area contributed by atoms with Crippen molar-refractivity contribution in [1.82, 2.24) is 0 Å². The van der Waals surface area contributed by atoms with Crippen molar-refractivity contribution in [3.8, 4) is 0 Å². The normalized spacial score (nSPS) is 22.4. The molecule has 1 aromatic rings. The molecule has 1 atom stereocenters. The van der Waals surface area contributed by atoms with Gasteiger partial charge in [0.25, 0.3) is 0 Å². The molecule has 0 amide bonds. The molecule has 0 aromatic heterocycles. The highest BCUT2D eigenvalue weighted by Crippen LogP contribution is 2.36. The highest BCUT2D eigenvalue weighted by atomic mass is 14.7. The van der Waals surface area contributed by atoms with Crippen LogP contribution in [-0.4, -0.2) is 0 Å². The Morgan fingerprint density at radius 2 is 1.56 bits per heavy atom. The van der Waals surface area contributed by atoms with Crippen LogP contribution in [0.4, 0.5) is 0 Å². The summed E-state index contributed by atoms with van der Waals surface area (Å²) in [5.74, 6) is 0.650. The standard InChI is InChI=1S/C15H23N/c1-15(16,14-11-7-4-8-12-14)13-9-5-2-3-6-10-13/h4,7-8,11-13H,2-3,5-6,9-10,16H2,1H3. The lowest BCUT2D eigenvalue weighted by molar-refractivity contribution is 0.269. The summed E-state index contributed by atoms with van der Waals surface area (Å²) in [6, 6.07) is 10.6. The minimum Gasteiger partial charge on any atom is -0.321 e. The first kappa shape index (κ1) is 11.7. The molecule has 0 radical (unpaired) electrons. The van der Waals surface area contributed by atoms with Crippen LogP contribution in [0, 0.1) is 5.92 Å². The van der Waals surface area contributed by atoms with E-state index in [1.54, 1.807) is 0 Å². The Kier molecular flexibility index (Phi) is 3.65. The zero-order valence-electron chi connectivity index (χ0n) is 10.3. The fourth-order valence-electron chi connectivity index (χ4n) is 2.91. The van der Waals surface area contributed by atoms with Crippen LogP contribution in [-0.2, 0) is 5.54 Å². The van der Waals surface area contributed by atoms with E-state index in [0.717, 1.165) is 0 Å². The summed E-state index contributed by atoms with van der Waals surface area (Å²) in [5, 5.41) is 0. The van der Waals surface area contributed by atoms with Gasteiger partial charge in [-0.15, -0.1) is 0 Å². The van der Waals surface area contributed by atoms with E-state index >= 15 is 0 Å². The minimum absolute atomic E-state index is 0.147. The Labute approximate surface area is 99.0 Å². The third kappa shape index (κ3) is 2.46. The van der Waals surface area contributed by atoms with Gasteiger partial charge in [-0.2, -0.15) is 0 Å². The number of hydrogen-bond acceptors (Lipinski definition) is 1. The second-order valence-electron chi connectivity index (χ2n) is 5.34. The van der Waals surface area contributed by atoms with Crippen molar-refractivity contribution in [3.63, 3.8) is 0 Å². The Morgan fingerprint density at radius 3 is 2.12 bits per heavy atom. The molecule has 1 unspecified atom stereocenters. The molecule has 1 fully saturated rings. The first-order valence-corrected chi connectivity index (χ1v) is 6.55. The van der Waals surface area contributed by atoms with Gasteiger partial charge in [0.05, 0.1) is 0 Å². The first-order valence-electron chi connectivity index (χ1n) is 6.55. The first-order chi connectivity index (χ1) is 7.71. The molecule has 2 N–H and O–H groups in total. The molecule has 1 aliphatic rings. The van der Waals surface area contributed by atoms with Crippen LogP contribution in [0.1, 0.15) is 51.0 Å². The van der Waals surface area contributed by atoms with Gasteiger partial charge < -0.3 is 5.73 Å². The molecule has 0 saturated heterocycles. The number of rotatable bonds is 2. The maximum absolute atomic E-state index is 6.58. The fourth-order valence-corrected chi connectivity index (χ4v) is 2.91. The summed E-state index contributed by atoms with van der Waals surface area (Å²) >= 11 is 0. The lowest BCUT2D eigenvalue weighted by Gasteiger charge is -2.34. The molecule has 1 nitrogen and oxygen atoms in total. The monoisotopic (exact) mass is 217 g/mol. The van der Waals surface area contributed by atoms with Crippen LogP contribution in [0.2, 0.25) is 0 Å². The highest BCUT2D eigenvalue weighted by molar-refractivity contribution is 5.24. The summed E-state index contributed by atoms with van der Waals surface area (Å²) in [4.78, 5) is 0. The third-order valence-corrected chi connectivity index (χ3v) is 4.10. The second-order valence-corrected chi connectivity index (χ2v) is 5.34. The van der Waals surface area contributed by atoms with Crippen molar-refractivity contribution in [2.75, 3.05) is 0 Å². The van der Waals surface area contributed by atoms with Crippen LogP contribution in [0.5, 0.6) is 0 Å². The van der Waals surface area contributed by atoms with E-state index in [9.17, 15) is 0 Å². The summed E-state index contributed by atoms with van der Waals surface area (Å²) in [5.41, 5.74) is 7.73. The molecule has 1 heteroatoms. The van der Waals surface area contributed by atoms with Gasteiger partial charge in [-0.05, 0) is 31.2 Å². The second kappa shape index (κ2) is 5.01. The quantitative estimate of drug-likeness (QED) is 0.749. The van der Waals surface area contributed by atoms with E-state index in [4.69, 9.17) is 5.73 Å². The zero-order valence-corrected chi connectivity index (χ0v) is 10.3. The number of nitrogens with two attached hydrogens (primary N) is 1. The number of hydrogen-bond donors (Lipinski definition) is 1. The van der Waals surface area contributed by atoms with Crippen LogP contribution >= 0.6 is 0 Å². The van der Waals surface area contributed by atoms with Gasteiger partial charge in [0, 0.05) is 5.54 Å². The Morgan fingerprint density at radius 1 is 1.00 bits per heavy atom. The lowest BCUT2D eigenvalue weighted by Crippen LogP contribution is -2.41. The third-order valence-electron chi connectivity index (χ3n) is 4.10. The van der Waals surface area contributed by atoms with Gasteiger partial charge in [-0.1, -0.05) is 56.0 Å². The van der Waals surface area contributed by atoms with Gasteiger partial charge in [0.2, 0.25) is 0 Å². The van der Waals surface area contributed by atoms with Crippen molar-refractivity contribution < 1.29 is 0 Å². The summed E-state index contributed by atoms with van der Waals surface area (Å²) in [6.07, 6.45) is 8.07. The fraction of sp³-hybridized carbons (Fsp3) is 0.600. The average molecular weight is 217 g/mol. The van der Waals surface area contributed by atoms with Crippen molar-refractivity contribution in [3.05, 3.63) is 35.9 Å². The van der Waals surface area contributed by atoms with E-state index < -0.39 is 0 Å². The van der Waals surface area contributed by atoms with Crippen molar-refractivity contribution in [1.29, 1.82) is 0 Å². The Bertz CT molecular complexity index is 307. The zero-order chi connectivity index (χ0) is 11.4. The van der Waals surface area contributed by atoms with Crippen LogP contribution in [0.3, 0.4) is 0 Å². The van der Waals surface area contributed by atoms with E-state index in [0.29, 0.717) is 5.92 Å². The molecule has 1 aliphatic carbocycles. The maximum atomic E-state index is 6.58. The minimum atomic E-state index is -0.147. The number of benzene rings is 1. The van der Waals surface area contributed by atoms with E-state index in [-0.39, 0.29) is 5.54 Å². The van der Waals surface area contributed by atoms with Crippen molar-refractivity contribution in [2.24, 2.45) is 11.7 Å². The van der Waals surface area contributed by atoms with Gasteiger partial charge >= 0.3 is 0 Å². The van der Waals surface area contributed by atoms with Gasteiger partial charge in [0.15, 0.2) is 0 Å². The SMILES string of the molecule is CC(N)(c1ccccc1)C1CCCCCC1.